The number of benzene rings is 1. The molecule has 20 heavy (non-hydrogen) atoms. The Morgan fingerprint density at radius 1 is 1.35 bits per heavy atom. The van der Waals surface area contributed by atoms with E-state index in [0.717, 1.165) is 12.0 Å². The summed E-state index contributed by atoms with van der Waals surface area (Å²) in [6.45, 7) is 4.01. The summed E-state index contributed by atoms with van der Waals surface area (Å²) in [4.78, 5) is 24.2. The number of hydrogen-bond acceptors (Lipinski definition) is 3. The molecule has 0 heterocycles. The third-order valence-corrected chi connectivity index (χ3v) is 3.78. The smallest absolute Gasteiger partial charge is 0.321 e. The van der Waals surface area contributed by atoms with Gasteiger partial charge in [-0.05, 0) is 49.9 Å². The average molecular weight is 296 g/mol. The van der Waals surface area contributed by atoms with Gasteiger partial charge < -0.3 is 10.1 Å². The summed E-state index contributed by atoms with van der Waals surface area (Å²) in [5.74, 6) is -0.711. The van der Waals surface area contributed by atoms with Crippen molar-refractivity contribution in [1.82, 2.24) is 0 Å². The van der Waals surface area contributed by atoms with E-state index in [1.165, 1.54) is 0 Å². The first-order chi connectivity index (χ1) is 9.53. The lowest BCUT2D eigenvalue weighted by atomic mass is 10.1. The number of carbonyl (C=O) groups is 2. The summed E-state index contributed by atoms with van der Waals surface area (Å²) >= 11 is 5.94. The van der Waals surface area contributed by atoms with Crippen LogP contribution in [0, 0.1) is 5.41 Å². The van der Waals surface area contributed by atoms with Crippen molar-refractivity contribution in [1.29, 1.82) is 0 Å². The summed E-state index contributed by atoms with van der Waals surface area (Å²) in [6, 6.07) is 5.31. The molecule has 0 aromatic heterocycles. The Morgan fingerprint density at radius 2 is 2.05 bits per heavy atom. The van der Waals surface area contributed by atoms with Gasteiger partial charge in [-0.2, -0.15) is 0 Å². The minimum absolute atomic E-state index is 0.284. The zero-order valence-corrected chi connectivity index (χ0v) is 12.4. The van der Waals surface area contributed by atoms with Crippen LogP contribution in [0.5, 0.6) is 0 Å². The number of amides is 1. The number of hydrogen-bond donors (Lipinski definition) is 1. The summed E-state index contributed by atoms with van der Waals surface area (Å²) in [6.07, 6.45) is 1.85. The van der Waals surface area contributed by atoms with E-state index in [-0.39, 0.29) is 12.5 Å². The maximum absolute atomic E-state index is 12.3. The van der Waals surface area contributed by atoms with Crippen molar-refractivity contribution >= 4 is 29.2 Å². The van der Waals surface area contributed by atoms with Crippen LogP contribution in [0.15, 0.2) is 18.2 Å². The van der Waals surface area contributed by atoms with Crippen LogP contribution in [0.4, 0.5) is 5.69 Å². The first-order valence-electron chi connectivity index (χ1n) is 6.80. The highest BCUT2D eigenvalue weighted by Gasteiger charge is 2.58. The van der Waals surface area contributed by atoms with E-state index in [4.69, 9.17) is 16.3 Å². The lowest BCUT2D eigenvalue weighted by Crippen LogP contribution is -2.33. The van der Waals surface area contributed by atoms with E-state index >= 15 is 0 Å². The Balaban J connectivity index is 2.14. The molecular formula is C15H18ClNO3. The van der Waals surface area contributed by atoms with E-state index in [2.05, 4.69) is 5.32 Å². The molecule has 5 heteroatoms. The fourth-order valence-electron chi connectivity index (χ4n) is 2.14. The fraction of sp³-hybridized carbons (Fsp3) is 0.467. The maximum atomic E-state index is 12.3. The molecule has 0 aliphatic heterocycles. The van der Waals surface area contributed by atoms with Crippen molar-refractivity contribution in [2.75, 3.05) is 11.9 Å². The highest BCUT2D eigenvalue weighted by Crippen LogP contribution is 2.47. The molecule has 0 spiro atoms. The van der Waals surface area contributed by atoms with Crippen molar-refractivity contribution < 1.29 is 14.3 Å². The summed E-state index contributed by atoms with van der Waals surface area (Å²) in [5.41, 5.74) is 0.670. The molecule has 0 atom stereocenters. The van der Waals surface area contributed by atoms with Crippen molar-refractivity contribution in [2.24, 2.45) is 5.41 Å². The van der Waals surface area contributed by atoms with Gasteiger partial charge in [0, 0.05) is 10.7 Å². The first-order valence-corrected chi connectivity index (χ1v) is 7.18. The number of nitrogens with one attached hydrogen (secondary N) is 1. The Labute approximate surface area is 123 Å². The van der Waals surface area contributed by atoms with Crippen molar-refractivity contribution in [2.45, 2.75) is 33.1 Å². The van der Waals surface area contributed by atoms with E-state index in [0.29, 0.717) is 23.6 Å². The van der Waals surface area contributed by atoms with Crippen LogP contribution in [0.2, 0.25) is 5.02 Å². The van der Waals surface area contributed by atoms with Gasteiger partial charge in [0.15, 0.2) is 0 Å². The molecule has 4 nitrogen and oxygen atoms in total. The number of aryl methyl sites for hydroxylation is 1. The Kier molecular flexibility index (Phi) is 4.33. The first kappa shape index (κ1) is 14.9. The summed E-state index contributed by atoms with van der Waals surface area (Å²) in [7, 11) is 0. The van der Waals surface area contributed by atoms with Gasteiger partial charge in [-0.1, -0.05) is 18.5 Å². The molecule has 1 N–H and O–H groups in total. The van der Waals surface area contributed by atoms with Crippen molar-refractivity contribution in [3.8, 4) is 0 Å². The molecule has 0 radical (unpaired) electrons. The number of halogens is 1. The van der Waals surface area contributed by atoms with Crippen LogP contribution in [0.3, 0.4) is 0 Å². The zero-order chi connectivity index (χ0) is 14.8. The van der Waals surface area contributed by atoms with Gasteiger partial charge in [-0.25, -0.2) is 0 Å². The van der Waals surface area contributed by atoms with Crippen molar-refractivity contribution in [3.63, 3.8) is 0 Å². The van der Waals surface area contributed by atoms with Gasteiger partial charge in [0.25, 0.3) is 0 Å². The molecule has 2 rings (SSSR count). The Bertz CT molecular complexity index is 538. The Hall–Kier alpha value is -1.55. The van der Waals surface area contributed by atoms with E-state index in [1.807, 2.05) is 13.0 Å². The highest BCUT2D eigenvalue weighted by molar-refractivity contribution is 6.30. The summed E-state index contributed by atoms with van der Waals surface area (Å²) < 4.78 is 4.98. The van der Waals surface area contributed by atoms with Gasteiger partial charge in [-0.3, -0.25) is 9.59 Å². The van der Waals surface area contributed by atoms with Gasteiger partial charge in [0.05, 0.1) is 6.61 Å². The lowest BCUT2D eigenvalue weighted by Gasteiger charge is -2.16. The lowest BCUT2D eigenvalue weighted by molar-refractivity contribution is -0.152. The molecule has 0 unspecified atom stereocenters. The quantitative estimate of drug-likeness (QED) is 0.670. The monoisotopic (exact) mass is 295 g/mol. The second-order valence-corrected chi connectivity index (χ2v) is 5.35. The number of rotatable bonds is 5. The number of anilines is 1. The molecule has 1 fully saturated rings. The van der Waals surface area contributed by atoms with Crippen LogP contribution in [-0.4, -0.2) is 18.5 Å². The minimum atomic E-state index is -0.985. The predicted molar refractivity (Wildman–Crippen MR) is 77.8 cm³/mol. The molecule has 1 saturated carbocycles. The Morgan fingerprint density at radius 3 is 2.60 bits per heavy atom. The van der Waals surface area contributed by atoms with Crippen LogP contribution >= 0.6 is 11.6 Å². The number of carbonyl (C=O) groups excluding carboxylic acids is 2. The normalized spacial score (nSPS) is 15.6. The molecule has 1 amide bonds. The van der Waals surface area contributed by atoms with E-state index in [9.17, 15) is 9.59 Å². The van der Waals surface area contributed by atoms with E-state index in [1.54, 1.807) is 19.1 Å². The molecule has 0 bridgehead atoms. The summed E-state index contributed by atoms with van der Waals surface area (Å²) in [5, 5.41) is 3.46. The molecule has 1 aliphatic rings. The third kappa shape index (κ3) is 2.80. The van der Waals surface area contributed by atoms with Crippen molar-refractivity contribution in [3.05, 3.63) is 28.8 Å². The fourth-order valence-corrected chi connectivity index (χ4v) is 2.33. The largest absolute Gasteiger partial charge is 0.465 e. The van der Waals surface area contributed by atoms with Gasteiger partial charge in [0.1, 0.15) is 5.41 Å². The number of ether oxygens (including phenoxy) is 1. The maximum Gasteiger partial charge on any atom is 0.321 e. The van der Waals surface area contributed by atoms with Gasteiger partial charge in [0.2, 0.25) is 5.91 Å². The predicted octanol–water partition coefficient (Wildman–Crippen LogP) is 3.18. The molecule has 1 aromatic rings. The van der Waals surface area contributed by atoms with Crippen LogP contribution < -0.4 is 5.32 Å². The van der Waals surface area contributed by atoms with E-state index < -0.39 is 11.4 Å². The van der Waals surface area contributed by atoms with Crippen LogP contribution in [-0.2, 0) is 20.7 Å². The third-order valence-electron chi connectivity index (χ3n) is 3.55. The highest BCUT2D eigenvalue weighted by atomic mass is 35.5. The second kappa shape index (κ2) is 5.83. The molecule has 0 saturated heterocycles. The SMILES string of the molecule is CCOC(=O)C1(C(=O)Nc2ccc(Cl)cc2CC)CC1. The molecule has 1 aliphatic carbocycles. The van der Waals surface area contributed by atoms with Crippen LogP contribution in [0.25, 0.3) is 0 Å². The molecule has 108 valence electrons. The standard InChI is InChI=1S/C15H18ClNO3/c1-3-10-9-11(16)5-6-12(10)17-13(18)15(7-8-15)14(19)20-4-2/h5-6,9H,3-4,7-8H2,1-2H3,(H,17,18). The second-order valence-electron chi connectivity index (χ2n) is 4.91. The molecular weight excluding hydrogens is 278 g/mol. The minimum Gasteiger partial charge on any atom is -0.465 e. The topological polar surface area (TPSA) is 55.4 Å². The molecule has 1 aromatic carbocycles. The van der Waals surface area contributed by atoms with Gasteiger partial charge >= 0.3 is 5.97 Å². The zero-order valence-electron chi connectivity index (χ0n) is 11.7. The van der Waals surface area contributed by atoms with Crippen LogP contribution in [0.1, 0.15) is 32.3 Å². The average Bonchev–Trinajstić information content (AvgIpc) is 3.22. The van der Waals surface area contributed by atoms with Gasteiger partial charge in [-0.15, -0.1) is 0 Å². The number of esters is 1.